The quantitative estimate of drug-likeness (QED) is 0.439. The topological polar surface area (TPSA) is 72.3 Å². The molecule has 8 heteroatoms. The van der Waals surface area contributed by atoms with Crippen LogP contribution in [0.15, 0.2) is 66.9 Å². The zero-order valence-electron chi connectivity index (χ0n) is 18.0. The number of hydrogen-bond donors (Lipinski definition) is 1. The monoisotopic (exact) mass is 449 g/mol. The van der Waals surface area contributed by atoms with Crippen LogP contribution in [0.5, 0.6) is 5.75 Å². The first-order valence-electron chi connectivity index (χ1n) is 10.2. The summed E-state index contributed by atoms with van der Waals surface area (Å²) in [6.45, 7) is 0.803. The predicted molar refractivity (Wildman–Crippen MR) is 126 cm³/mol. The zero-order valence-corrected chi connectivity index (χ0v) is 18.7. The lowest BCUT2D eigenvalue weighted by atomic mass is 10.2. The summed E-state index contributed by atoms with van der Waals surface area (Å²) in [6.07, 6.45) is 1.74. The average Bonchev–Trinajstić information content (AvgIpc) is 3.15. The molecule has 32 heavy (non-hydrogen) atoms. The highest BCUT2D eigenvalue weighted by Gasteiger charge is 2.14. The van der Waals surface area contributed by atoms with Crippen molar-refractivity contribution in [1.29, 1.82) is 0 Å². The molecule has 0 saturated carbocycles. The maximum Gasteiger partial charge on any atom is 0.240 e. The van der Waals surface area contributed by atoms with E-state index in [-0.39, 0.29) is 19.1 Å². The number of ether oxygens (including phenoxy) is 1. The van der Waals surface area contributed by atoms with E-state index in [1.54, 1.807) is 30.5 Å². The van der Waals surface area contributed by atoms with Crippen LogP contribution in [0.4, 0.5) is 5.82 Å². The minimum absolute atomic E-state index is 0.107. The van der Waals surface area contributed by atoms with E-state index in [0.717, 1.165) is 22.4 Å². The van der Waals surface area contributed by atoms with Crippen molar-refractivity contribution in [1.82, 2.24) is 19.9 Å². The fraction of sp³-hybridized carbons (Fsp3) is 0.208. The summed E-state index contributed by atoms with van der Waals surface area (Å²) in [5.74, 6) is 2.10. The Hall–Kier alpha value is -3.58. The molecule has 0 atom stereocenters. The van der Waals surface area contributed by atoms with Gasteiger partial charge in [-0.1, -0.05) is 23.7 Å². The molecule has 2 heterocycles. The highest BCUT2D eigenvalue weighted by molar-refractivity contribution is 6.30. The van der Waals surface area contributed by atoms with Crippen LogP contribution in [0, 0.1) is 0 Å². The normalized spacial score (nSPS) is 10.8. The SMILES string of the molecule is CN(C)c1cc(CNC(=O)Cn2c(COc3ccc(Cl)cc3)nc3ccccc32)ccn1. The Balaban J connectivity index is 1.47. The standard InChI is InChI=1S/C24H24ClN5O2/c1-29(2)22-13-17(11-12-26-22)14-27-24(31)15-30-21-6-4-3-5-20(21)28-23(30)16-32-19-9-7-18(25)8-10-19/h3-13H,14-16H2,1-2H3,(H,27,31). The number of para-hydroxylation sites is 2. The Morgan fingerprint density at radius 1 is 1.12 bits per heavy atom. The van der Waals surface area contributed by atoms with Gasteiger partial charge in [-0.05, 0) is 54.1 Å². The number of carbonyl (C=O) groups is 1. The Labute approximate surface area is 191 Å². The van der Waals surface area contributed by atoms with Gasteiger partial charge in [0.2, 0.25) is 5.91 Å². The molecule has 4 aromatic rings. The number of imidazole rings is 1. The second kappa shape index (κ2) is 9.70. The summed E-state index contributed by atoms with van der Waals surface area (Å²) in [5.41, 5.74) is 2.69. The van der Waals surface area contributed by atoms with Crippen molar-refractivity contribution < 1.29 is 9.53 Å². The second-order valence-corrected chi connectivity index (χ2v) is 7.98. The third kappa shape index (κ3) is 5.18. The molecular formula is C24H24ClN5O2. The van der Waals surface area contributed by atoms with E-state index in [4.69, 9.17) is 16.3 Å². The molecule has 2 aromatic heterocycles. The minimum Gasteiger partial charge on any atom is -0.486 e. The third-order valence-corrected chi connectivity index (χ3v) is 5.23. The number of pyridine rings is 1. The number of amides is 1. The van der Waals surface area contributed by atoms with Crippen LogP contribution in [-0.4, -0.2) is 34.5 Å². The van der Waals surface area contributed by atoms with E-state index in [1.165, 1.54) is 0 Å². The minimum atomic E-state index is -0.107. The first-order chi connectivity index (χ1) is 15.5. The van der Waals surface area contributed by atoms with Crippen molar-refractivity contribution in [3.8, 4) is 5.75 Å². The Bertz CT molecular complexity index is 1220. The van der Waals surface area contributed by atoms with Crippen molar-refractivity contribution in [3.63, 3.8) is 0 Å². The van der Waals surface area contributed by atoms with Gasteiger partial charge in [-0.2, -0.15) is 0 Å². The van der Waals surface area contributed by atoms with Crippen molar-refractivity contribution in [3.05, 3.63) is 83.3 Å². The second-order valence-electron chi connectivity index (χ2n) is 7.54. The van der Waals surface area contributed by atoms with Crippen LogP contribution < -0.4 is 15.0 Å². The van der Waals surface area contributed by atoms with Crippen LogP contribution in [0.25, 0.3) is 11.0 Å². The molecule has 0 saturated heterocycles. The fourth-order valence-corrected chi connectivity index (χ4v) is 3.43. The Morgan fingerprint density at radius 3 is 2.69 bits per heavy atom. The lowest BCUT2D eigenvalue weighted by Crippen LogP contribution is -2.28. The number of nitrogens with one attached hydrogen (secondary N) is 1. The molecule has 0 spiro atoms. The number of nitrogens with zero attached hydrogens (tertiary/aromatic N) is 4. The first kappa shape index (κ1) is 21.6. The summed E-state index contributed by atoms with van der Waals surface area (Å²) in [7, 11) is 3.87. The van der Waals surface area contributed by atoms with E-state index in [0.29, 0.717) is 23.1 Å². The molecule has 2 aromatic carbocycles. The highest BCUT2D eigenvalue weighted by Crippen LogP contribution is 2.20. The number of aromatic nitrogens is 3. The van der Waals surface area contributed by atoms with E-state index < -0.39 is 0 Å². The van der Waals surface area contributed by atoms with Gasteiger partial charge < -0.3 is 19.5 Å². The van der Waals surface area contributed by atoms with Gasteiger partial charge in [0.05, 0.1) is 11.0 Å². The molecule has 1 amide bonds. The molecule has 0 fully saturated rings. The fourth-order valence-electron chi connectivity index (χ4n) is 3.31. The van der Waals surface area contributed by atoms with Gasteiger partial charge in [0, 0.05) is 31.9 Å². The number of rotatable bonds is 8. The van der Waals surface area contributed by atoms with Crippen LogP contribution in [-0.2, 0) is 24.5 Å². The van der Waals surface area contributed by atoms with E-state index in [9.17, 15) is 4.79 Å². The van der Waals surface area contributed by atoms with E-state index in [1.807, 2.05) is 60.0 Å². The molecule has 164 valence electrons. The van der Waals surface area contributed by atoms with Crippen molar-refractivity contribution in [2.75, 3.05) is 19.0 Å². The summed E-state index contributed by atoms with van der Waals surface area (Å²) in [5, 5.41) is 3.63. The van der Waals surface area contributed by atoms with E-state index in [2.05, 4.69) is 15.3 Å². The molecule has 1 N–H and O–H groups in total. The van der Waals surface area contributed by atoms with Gasteiger partial charge >= 0.3 is 0 Å². The van der Waals surface area contributed by atoms with Crippen LogP contribution >= 0.6 is 11.6 Å². The highest BCUT2D eigenvalue weighted by atomic mass is 35.5. The number of carbonyl (C=O) groups excluding carboxylic acids is 1. The summed E-state index contributed by atoms with van der Waals surface area (Å²) >= 11 is 5.94. The van der Waals surface area contributed by atoms with Crippen LogP contribution in [0.2, 0.25) is 5.02 Å². The largest absolute Gasteiger partial charge is 0.486 e. The van der Waals surface area contributed by atoms with Crippen LogP contribution in [0.1, 0.15) is 11.4 Å². The molecule has 0 aliphatic heterocycles. The molecule has 7 nitrogen and oxygen atoms in total. The molecule has 0 aliphatic rings. The van der Waals surface area contributed by atoms with Gasteiger partial charge in [0.1, 0.15) is 30.5 Å². The molecule has 0 bridgehead atoms. The number of anilines is 1. The summed E-state index contributed by atoms with van der Waals surface area (Å²) < 4.78 is 7.77. The Morgan fingerprint density at radius 2 is 1.91 bits per heavy atom. The molecule has 0 radical (unpaired) electrons. The van der Waals surface area contributed by atoms with Gasteiger partial charge in [-0.25, -0.2) is 9.97 Å². The molecular weight excluding hydrogens is 426 g/mol. The smallest absolute Gasteiger partial charge is 0.240 e. The lowest BCUT2D eigenvalue weighted by Gasteiger charge is -2.13. The maximum atomic E-state index is 12.8. The summed E-state index contributed by atoms with van der Waals surface area (Å²) in [4.78, 5) is 23.7. The van der Waals surface area contributed by atoms with Gasteiger partial charge in [0.15, 0.2) is 0 Å². The third-order valence-electron chi connectivity index (χ3n) is 4.97. The molecule has 4 rings (SSSR count). The number of benzene rings is 2. The number of fused-ring (bicyclic) bond motifs is 1. The summed E-state index contributed by atoms with van der Waals surface area (Å²) in [6, 6.07) is 18.7. The van der Waals surface area contributed by atoms with Crippen LogP contribution in [0.3, 0.4) is 0 Å². The van der Waals surface area contributed by atoms with Crippen molar-refractivity contribution >= 4 is 34.4 Å². The van der Waals surface area contributed by atoms with Gasteiger partial charge in [-0.15, -0.1) is 0 Å². The maximum absolute atomic E-state index is 12.8. The van der Waals surface area contributed by atoms with Gasteiger partial charge in [0.25, 0.3) is 0 Å². The van der Waals surface area contributed by atoms with Crippen molar-refractivity contribution in [2.45, 2.75) is 19.7 Å². The van der Waals surface area contributed by atoms with Gasteiger partial charge in [-0.3, -0.25) is 4.79 Å². The Kier molecular flexibility index (Phi) is 6.56. The zero-order chi connectivity index (χ0) is 22.5. The predicted octanol–water partition coefficient (Wildman–Crippen LogP) is 4.05. The van der Waals surface area contributed by atoms with Crippen molar-refractivity contribution in [2.24, 2.45) is 0 Å². The molecule has 0 aliphatic carbocycles. The number of halogens is 1. The molecule has 0 unspecified atom stereocenters. The first-order valence-corrected chi connectivity index (χ1v) is 10.6. The number of hydrogen-bond acceptors (Lipinski definition) is 5. The van der Waals surface area contributed by atoms with E-state index >= 15 is 0 Å². The lowest BCUT2D eigenvalue weighted by molar-refractivity contribution is -0.121. The average molecular weight is 450 g/mol.